The zero-order valence-electron chi connectivity index (χ0n) is 5.92. The summed E-state index contributed by atoms with van der Waals surface area (Å²) < 4.78 is 1.92. The summed E-state index contributed by atoms with van der Waals surface area (Å²) in [6.45, 7) is 2.11. The van der Waals surface area contributed by atoms with Gasteiger partial charge in [-0.15, -0.1) is 11.8 Å². The Morgan fingerprint density at radius 1 is 1.78 bits per heavy atom. The summed E-state index contributed by atoms with van der Waals surface area (Å²) in [6.07, 6.45) is 1.99. The molecule has 4 heteroatoms. The summed E-state index contributed by atoms with van der Waals surface area (Å²) in [5.74, 6) is 0.335. The molecule has 52 valence electrons. The maximum atomic E-state index is 10.9. The van der Waals surface area contributed by atoms with Gasteiger partial charge in [0.15, 0.2) is 0 Å². The molecule has 0 N–H and O–H groups in total. The van der Waals surface area contributed by atoms with Crippen LogP contribution in [0.2, 0.25) is 0 Å². The van der Waals surface area contributed by atoms with Crippen molar-refractivity contribution in [3.63, 3.8) is 0 Å². The lowest BCUT2D eigenvalue weighted by Crippen LogP contribution is -2.60. The third kappa shape index (κ3) is 0.900. The second kappa shape index (κ2) is 2.34. The van der Waals surface area contributed by atoms with E-state index in [1.807, 2.05) is 10.8 Å². The van der Waals surface area contributed by atoms with Crippen LogP contribution in [0.25, 0.3) is 0 Å². The highest BCUT2D eigenvalue weighted by Gasteiger charge is 2.40. The minimum absolute atomic E-state index is 0.266. The molecule has 1 saturated heterocycles. The van der Waals surface area contributed by atoms with E-state index in [2.05, 4.69) is 6.92 Å². The van der Waals surface area contributed by atoms with Gasteiger partial charge in [0.25, 0.3) is 0 Å². The lowest BCUT2D eigenvalue weighted by molar-refractivity contribution is -0.135. The Bertz CT molecular complexity index is 141. The van der Waals surface area contributed by atoms with Crippen LogP contribution in [0.4, 0.5) is 0 Å². The molecule has 9 heavy (non-hydrogen) atoms. The molecule has 2 atom stereocenters. The summed E-state index contributed by atoms with van der Waals surface area (Å²) in [5.41, 5.74) is 0. The summed E-state index contributed by atoms with van der Waals surface area (Å²) in [5, 5.41) is 0.266. The van der Waals surface area contributed by atoms with Gasteiger partial charge in [0.1, 0.15) is 15.7 Å². The number of carbonyl (C=O) groups is 1. The van der Waals surface area contributed by atoms with Gasteiger partial charge >= 0.3 is 0 Å². The van der Waals surface area contributed by atoms with E-state index in [1.54, 1.807) is 11.8 Å². The van der Waals surface area contributed by atoms with Crippen molar-refractivity contribution in [2.24, 2.45) is 0 Å². The summed E-state index contributed by atoms with van der Waals surface area (Å²) in [7, 11) is 0.887. The average molecular weight is 161 g/mol. The molecular formula is C5H11NOSSi. The number of β-lactam (4-membered cyclic amide) rings is 1. The first kappa shape index (κ1) is 7.15. The maximum Gasteiger partial charge on any atom is 0.229 e. The molecule has 2 nitrogen and oxygen atoms in total. The van der Waals surface area contributed by atoms with E-state index >= 15 is 0 Å². The van der Waals surface area contributed by atoms with Gasteiger partial charge in [0, 0.05) is 6.04 Å². The van der Waals surface area contributed by atoms with E-state index in [4.69, 9.17) is 0 Å². The third-order valence-corrected chi connectivity index (χ3v) is 4.25. The van der Waals surface area contributed by atoms with Gasteiger partial charge in [-0.1, -0.05) is 0 Å². The van der Waals surface area contributed by atoms with Crippen molar-refractivity contribution in [3.05, 3.63) is 0 Å². The average Bonchev–Trinajstić information content (AvgIpc) is 1.89. The highest BCUT2D eigenvalue weighted by molar-refractivity contribution is 8.00. The number of thioether (sulfide) groups is 1. The molecule has 0 saturated carbocycles. The normalized spacial score (nSPS) is 34.9. The van der Waals surface area contributed by atoms with E-state index in [-0.39, 0.29) is 5.25 Å². The zero-order valence-corrected chi connectivity index (χ0v) is 8.73. The van der Waals surface area contributed by atoms with Gasteiger partial charge in [-0.05, 0) is 13.2 Å². The Hall–Kier alpha value is 0.0369. The van der Waals surface area contributed by atoms with Gasteiger partial charge < -0.3 is 4.57 Å². The van der Waals surface area contributed by atoms with E-state index in [1.165, 1.54) is 0 Å². The number of amides is 1. The van der Waals surface area contributed by atoms with E-state index in [0.717, 1.165) is 10.4 Å². The van der Waals surface area contributed by atoms with Gasteiger partial charge in [0.05, 0.1) is 0 Å². The predicted octanol–water partition coefficient (Wildman–Crippen LogP) is -0.771. The zero-order chi connectivity index (χ0) is 7.02. The number of hydrogen-bond acceptors (Lipinski definition) is 2. The summed E-state index contributed by atoms with van der Waals surface area (Å²) in [4.78, 5) is 10.9. The largest absolute Gasteiger partial charge is 0.373 e. The van der Waals surface area contributed by atoms with Crippen molar-refractivity contribution in [3.8, 4) is 0 Å². The van der Waals surface area contributed by atoms with Crippen molar-refractivity contribution in [1.29, 1.82) is 0 Å². The van der Waals surface area contributed by atoms with Crippen LogP contribution in [0.5, 0.6) is 0 Å². The molecule has 1 aliphatic heterocycles. The molecule has 0 spiro atoms. The van der Waals surface area contributed by atoms with Crippen LogP contribution in [0.3, 0.4) is 0 Å². The van der Waals surface area contributed by atoms with Gasteiger partial charge in [-0.25, -0.2) is 0 Å². The molecule has 1 heterocycles. The van der Waals surface area contributed by atoms with E-state index in [9.17, 15) is 4.79 Å². The highest BCUT2D eigenvalue weighted by Crippen LogP contribution is 2.26. The SMILES string of the molecule is CSC1C(=O)N([SiH3])C1C. The van der Waals surface area contributed by atoms with E-state index in [0.29, 0.717) is 11.9 Å². The molecule has 1 fully saturated rings. The first-order valence-corrected chi connectivity index (χ1v) is 5.16. The topological polar surface area (TPSA) is 20.3 Å². The Morgan fingerprint density at radius 2 is 2.33 bits per heavy atom. The molecule has 0 aromatic carbocycles. The monoisotopic (exact) mass is 161 g/mol. The lowest BCUT2D eigenvalue weighted by Gasteiger charge is -2.42. The van der Waals surface area contributed by atoms with Crippen molar-refractivity contribution in [1.82, 2.24) is 4.57 Å². The molecule has 0 aliphatic carbocycles. The number of hydrogen-bond donors (Lipinski definition) is 0. The molecular weight excluding hydrogens is 150 g/mol. The molecule has 0 aromatic heterocycles. The standard InChI is InChI=1S/C5H11NOSSi/c1-3-4(8-2)5(7)6(3)9/h3-4H,1-2,9H3. The smallest absolute Gasteiger partial charge is 0.229 e. The van der Waals surface area contributed by atoms with Crippen LogP contribution >= 0.6 is 11.8 Å². The van der Waals surface area contributed by atoms with Gasteiger partial charge in [0.2, 0.25) is 5.91 Å². The molecule has 0 aromatic rings. The molecule has 1 rings (SSSR count). The minimum Gasteiger partial charge on any atom is -0.373 e. The van der Waals surface area contributed by atoms with Crippen LogP contribution in [0.15, 0.2) is 0 Å². The van der Waals surface area contributed by atoms with Crippen molar-refractivity contribution < 1.29 is 4.79 Å². The molecule has 1 aliphatic rings. The van der Waals surface area contributed by atoms with Crippen LogP contribution in [0.1, 0.15) is 6.92 Å². The second-order valence-corrected chi connectivity index (χ2v) is 4.29. The number of rotatable bonds is 1. The predicted molar refractivity (Wildman–Crippen MR) is 43.6 cm³/mol. The highest BCUT2D eigenvalue weighted by atomic mass is 32.2. The Balaban J connectivity index is 2.51. The van der Waals surface area contributed by atoms with Crippen molar-refractivity contribution in [2.75, 3.05) is 6.26 Å². The van der Waals surface area contributed by atoms with Crippen LogP contribution < -0.4 is 0 Å². The fourth-order valence-corrected chi connectivity index (χ4v) is 2.95. The molecule has 0 bridgehead atoms. The Kier molecular flexibility index (Phi) is 1.86. The quantitative estimate of drug-likeness (QED) is 0.372. The van der Waals surface area contributed by atoms with E-state index < -0.39 is 0 Å². The minimum atomic E-state index is 0.266. The lowest BCUT2D eigenvalue weighted by atomic mass is 10.1. The molecule has 2 unspecified atom stereocenters. The van der Waals surface area contributed by atoms with Crippen LogP contribution in [0, 0.1) is 0 Å². The van der Waals surface area contributed by atoms with Crippen molar-refractivity contribution >= 4 is 28.1 Å². The fraction of sp³-hybridized carbons (Fsp3) is 0.800. The number of nitrogens with zero attached hydrogens (tertiary/aromatic N) is 1. The maximum absolute atomic E-state index is 10.9. The fourth-order valence-electron chi connectivity index (χ4n) is 1.03. The van der Waals surface area contributed by atoms with Crippen LogP contribution in [-0.2, 0) is 4.79 Å². The second-order valence-electron chi connectivity index (χ2n) is 2.35. The van der Waals surface area contributed by atoms with Gasteiger partial charge in [-0.3, -0.25) is 4.79 Å². The molecule has 1 amide bonds. The first-order valence-electron chi connectivity index (χ1n) is 2.98. The summed E-state index contributed by atoms with van der Waals surface area (Å²) in [6, 6.07) is 0.499. The number of carbonyl (C=O) groups excluding carboxylic acids is 1. The Labute approximate surface area is 62.5 Å². The van der Waals surface area contributed by atoms with Crippen LogP contribution in [-0.4, -0.2) is 38.4 Å². The first-order chi connectivity index (χ1) is 4.18. The summed E-state index contributed by atoms with van der Waals surface area (Å²) >= 11 is 1.66. The van der Waals surface area contributed by atoms with Gasteiger partial charge in [-0.2, -0.15) is 0 Å². The Morgan fingerprint density at radius 3 is 2.56 bits per heavy atom. The third-order valence-electron chi connectivity index (χ3n) is 1.89. The van der Waals surface area contributed by atoms with Crippen molar-refractivity contribution in [2.45, 2.75) is 18.2 Å². The molecule has 0 radical (unpaired) electrons.